The Morgan fingerprint density at radius 1 is 1.11 bits per heavy atom. The summed E-state index contributed by atoms with van der Waals surface area (Å²) in [6.07, 6.45) is 5.43. The van der Waals surface area contributed by atoms with Gasteiger partial charge in [-0.3, -0.25) is 0 Å². The summed E-state index contributed by atoms with van der Waals surface area (Å²) in [5.41, 5.74) is 5.74. The molecule has 1 aliphatic carbocycles. The average molecular weight is 276 g/mol. The Morgan fingerprint density at radius 2 is 1.78 bits per heavy atom. The van der Waals surface area contributed by atoms with Gasteiger partial charge in [0.15, 0.2) is 0 Å². The van der Waals surface area contributed by atoms with Gasteiger partial charge in [0.05, 0.1) is 5.25 Å². The molecular formula is C12H24N2O3S. The van der Waals surface area contributed by atoms with E-state index in [0.29, 0.717) is 38.5 Å². The molecule has 2 fully saturated rings. The normalized spacial score (nSPS) is 31.4. The van der Waals surface area contributed by atoms with Crippen LogP contribution in [0.15, 0.2) is 0 Å². The summed E-state index contributed by atoms with van der Waals surface area (Å²) < 4.78 is 32.7. The summed E-state index contributed by atoms with van der Waals surface area (Å²) >= 11 is 0. The van der Waals surface area contributed by atoms with E-state index in [-0.39, 0.29) is 11.3 Å². The van der Waals surface area contributed by atoms with Crippen LogP contribution in [-0.2, 0) is 14.8 Å². The highest BCUT2D eigenvalue weighted by molar-refractivity contribution is 7.90. The molecule has 1 saturated carbocycles. The zero-order valence-corrected chi connectivity index (χ0v) is 11.6. The lowest BCUT2D eigenvalue weighted by molar-refractivity contribution is 0.0979. The van der Waals surface area contributed by atoms with Crippen LogP contribution in [0.1, 0.15) is 38.5 Å². The first-order valence-corrected chi connectivity index (χ1v) is 8.47. The molecule has 2 unspecified atom stereocenters. The summed E-state index contributed by atoms with van der Waals surface area (Å²) in [5, 5.41) is -0.286. The van der Waals surface area contributed by atoms with Crippen molar-refractivity contribution in [2.45, 2.75) is 49.8 Å². The standard InChI is InChI=1S/C12H24N2O3S/c13-9-10-3-1-2-4-12(10)14-18(15,16)11-5-7-17-8-6-11/h10-12,14H,1-9,13H2. The van der Waals surface area contributed by atoms with Gasteiger partial charge in [0, 0.05) is 19.3 Å². The van der Waals surface area contributed by atoms with Crippen LogP contribution in [0, 0.1) is 5.92 Å². The van der Waals surface area contributed by atoms with Gasteiger partial charge in [-0.25, -0.2) is 13.1 Å². The van der Waals surface area contributed by atoms with Crippen molar-refractivity contribution < 1.29 is 13.2 Å². The third-order valence-corrected chi connectivity index (χ3v) is 6.11. The van der Waals surface area contributed by atoms with Crippen LogP contribution in [0.5, 0.6) is 0 Å². The number of ether oxygens (including phenoxy) is 1. The lowest BCUT2D eigenvalue weighted by atomic mass is 9.85. The fourth-order valence-corrected chi connectivity index (χ4v) is 4.68. The van der Waals surface area contributed by atoms with Crippen molar-refractivity contribution in [3.63, 3.8) is 0 Å². The van der Waals surface area contributed by atoms with E-state index in [1.54, 1.807) is 0 Å². The second kappa shape index (κ2) is 6.32. The second-order valence-corrected chi connectivity index (χ2v) is 7.35. The Morgan fingerprint density at radius 3 is 2.44 bits per heavy atom. The van der Waals surface area contributed by atoms with E-state index < -0.39 is 10.0 Å². The van der Waals surface area contributed by atoms with Gasteiger partial charge in [-0.1, -0.05) is 12.8 Å². The summed E-state index contributed by atoms with van der Waals surface area (Å²) in [4.78, 5) is 0. The molecule has 5 nitrogen and oxygen atoms in total. The number of sulfonamides is 1. The van der Waals surface area contributed by atoms with Crippen LogP contribution in [0.25, 0.3) is 0 Å². The minimum absolute atomic E-state index is 0.0385. The van der Waals surface area contributed by atoms with Gasteiger partial charge >= 0.3 is 0 Å². The Labute approximate surface area is 110 Å². The molecule has 0 radical (unpaired) electrons. The van der Waals surface area contributed by atoms with Crippen molar-refractivity contribution in [1.82, 2.24) is 4.72 Å². The minimum Gasteiger partial charge on any atom is -0.381 e. The lowest BCUT2D eigenvalue weighted by Gasteiger charge is -2.33. The molecule has 3 N–H and O–H groups in total. The first-order chi connectivity index (χ1) is 8.63. The van der Waals surface area contributed by atoms with Crippen molar-refractivity contribution in [1.29, 1.82) is 0 Å². The van der Waals surface area contributed by atoms with Gasteiger partial charge in [-0.05, 0) is 38.1 Å². The number of nitrogens with two attached hydrogens (primary N) is 1. The summed E-state index contributed by atoms with van der Waals surface area (Å²) in [6, 6.07) is 0.0385. The van der Waals surface area contributed by atoms with Gasteiger partial charge in [0.2, 0.25) is 10.0 Å². The molecule has 106 valence electrons. The van der Waals surface area contributed by atoms with Gasteiger partial charge in [0.25, 0.3) is 0 Å². The quantitative estimate of drug-likeness (QED) is 0.788. The Bertz CT molecular complexity index is 352. The zero-order valence-electron chi connectivity index (χ0n) is 10.8. The summed E-state index contributed by atoms with van der Waals surface area (Å²) in [5.74, 6) is 0.299. The van der Waals surface area contributed by atoms with E-state index in [2.05, 4.69) is 4.72 Å². The topological polar surface area (TPSA) is 81.4 Å². The highest BCUT2D eigenvalue weighted by Crippen LogP contribution is 2.25. The molecule has 2 atom stereocenters. The van der Waals surface area contributed by atoms with Gasteiger partial charge < -0.3 is 10.5 Å². The van der Waals surface area contributed by atoms with Crippen molar-refractivity contribution in [3.8, 4) is 0 Å². The molecule has 1 aliphatic heterocycles. The summed E-state index contributed by atoms with van der Waals surface area (Å²) in [6.45, 7) is 1.67. The number of nitrogens with one attached hydrogen (secondary N) is 1. The lowest BCUT2D eigenvalue weighted by Crippen LogP contribution is -2.48. The SMILES string of the molecule is NCC1CCCCC1NS(=O)(=O)C1CCOCC1. The van der Waals surface area contributed by atoms with Gasteiger partial charge in [-0.15, -0.1) is 0 Å². The molecule has 6 heteroatoms. The van der Waals surface area contributed by atoms with Crippen molar-refractivity contribution in [3.05, 3.63) is 0 Å². The molecule has 0 spiro atoms. The van der Waals surface area contributed by atoms with Crippen LogP contribution in [-0.4, -0.2) is 39.5 Å². The van der Waals surface area contributed by atoms with Gasteiger partial charge in [-0.2, -0.15) is 0 Å². The largest absolute Gasteiger partial charge is 0.381 e. The van der Waals surface area contributed by atoms with Crippen LogP contribution in [0.3, 0.4) is 0 Å². The molecule has 0 amide bonds. The molecular weight excluding hydrogens is 252 g/mol. The zero-order chi connectivity index (χ0) is 13.0. The van der Waals surface area contributed by atoms with Crippen LogP contribution >= 0.6 is 0 Å². The number of rotatable bonds is 4. The van der Waals surface area contributed by atoms with Crippen LogP contribution < -0.4 is 10.5 Å². The van der Waals surface area contributed by atoms with E-state index in [1.165, 1.54) is 0 Å². The molecule has 1 saturated heterocycles. The fourth-order valence-electron chi connectivity index (χ4n) is 2.94. The molecule has 2 rings (SSSR count). The van der Waals surface area contributed by atoms with Crippen molar-refractivity contribution >= 4 is 10.0 Å². The highest BCUT2D eigenvalue weighted by atomic mass is 32.2. The van der Waals surface area contributed by atoms with E-state index >= 15 is 0 Å². The first kappa shape index (κ1) is 14.2. The third-order valence-electron chi connectivity index (χ3n) is 4.13. The smallest absolute Gasteiger partial charge is 0.214 e. The summed E-state index contributed by atoms with van der Waals surface area (Å²) in [7, 11) is -3.21. The molecule has 0 aromatic rings. The predicted molar refractivity (Wildman–Crippen MR) is 70.7 cm³/mol. The van der Waals surface area contributed by atoms with Gasteiger partial charge in [0.1, 0.15) is 0 Å². The Kier molecular flexibility index (Phi) is 5.00. The molecule has 0 aromatic heterocycles. The maximum atomic E-state index is 12.3. The fraction of sp³-hybridized carbons (Fsp3) is 1.00. The van der Waals surface area contributed by atoms with Crippen molar-refractivity contribution in [2.75, 3.05) is 19.8 Å². The average Bonchev–Trinajstić information content (AvgIpc) is 2.40. The third kappa shape index (κ3) is 3.44. The minimum atomic E-state index is -3.21. The Hall–Kier alpha value is -0.170. The molecule has 2 aliphatic rings. The van der Waals surface area contributed by atoms with Crippen molar-refractivity contribution in [2.24, 2.45) is 11.7 Å². The predicted octanol–water partition coefficient (Wildman–Crippen LogP) is 0.602. The maximum absolute atomic E-state index is 12.3. The number of hydrogen-bond acceptors (Lipinski definition) is 4. The molecule has 1 heterocycles. The molecule has 0 bridgehead atoms. The molecule has 18 heavy (non-hydrogen) atoms. The van der Waals surface area contributed by atoms with Crippen LogP contribution in [0.4, 0.5) is 0 Å². The molecule has 0 aromatic carbocycles. The maximum Gasteiger partial charge on any atom is 0.214 e. The van der Waals surface area contributed by atoms with Crippen LogP contribution in [0.2, 0.25) is 0 Å². The van der Waals surface area contributed by atoms with E-state index in [1.807, 2.05) is 0 Å². The monoisotopic (exact) mass is 276 g/mol. The highest BCUT2D eigenvalue weighted by Gasteiger charge is 2.33. The number of hydrogen-bond donors (Lipinski definition) is 2. The van der Waals surface area contributed by atoms with E-state index in [9.17, 15) is 8.42 Å². The first-order valence-electron chi connectivity index (χ1n) is 6.92. The Balaban J connectivity index is 1.97. The van der Waals surface area contributed by atoms with E-state index in [0.717, 1.165) is 25.7 Å². The second-order valence-electron chi connectivity index (χ2n) is 5.36. The van der Waals surface area contributed by atoms with E-state index in [4.69, 9.17) is 10.5 Å².